The molecule has 2 atom stereocenters. The summed E-state index contributed by atoms with van der Waals surface area (Å²) >= 11 is 0. The highest BCUT2D eigenvalue weighted by molar-refractivity contribution is 5.72. The number of aliphatic carboxylic acids is 1. The average Bonchev–Trinajstić information content (AvgIpc) is 2.39. The number of nitrogens with two attached hydrogens (primary N) is 1. The molecule has 1 fully saturated rings. The van der Waals surface area contributed by atoms with Crippen LogP contribution in [0, 0.1) is 5.92 Å². The lowest BCUT2D eigenvalue weighted by atomic mass is 9.81. The smallest absolute Gasteiger partial charge is 0.308 e. The Bertz CT molecular complexity index is 406. The maximum atomic E-state index is 11.2. The van der Waals surface area contributed by atoms with Gasteiger partial charge in [-0.05, 0) is 30.0 Å². The number of piperidine rings is 1. The number of nitrogens with one attached hydrogen (secondary N) is 1. The molecule has 2 rings (SSSR count). The van der Waals surface area contributed by atoms with E-state index in [4.69, 9.17) is 5.73 Å². The fraction of sp³-hybridized carbons (Fsp3) is 0.462. The summed E-state index contributed by atoms with van der Waals surface area (Å²) in [7, 11) is 0. The van der Waals surface area contributed by atoms with E-state index < -0.39 is 5.97 Å². The Morgan fingerprint density at radius 1 is 1.53 bits per heavy atom. The molecule has 1 heterocycles. The van der Waals surface area contributed by atoms with E-state index in [2.05, 4.69) is 5.32 Å². The van der Waals surface area contributed by atoms with Gasteiger partial charge in [-0.3, -0.25) is 4.79 Å². The molecule has 4 nitrogen and oxygen atoms in total. The van der Waals surface area contributed by atoms with Crippen LogP contribution in [0.2, 0.25) is 0 Å². The summed E-state index contributed by atoms with van der Waals surface area (Å²) in [5, 5.41) is 12.4. The third-order valence-electron chi connectivity index (χ3n) is 3.41. The Balaban J connectivity index is 2.26. The lowest BCUT2D eigenvalue weighted by Crippen LogP contribution is -2.39. The van der Waals surface area contributed by atoms with Gasteiger partial charge in [0, 0.05) is 13.1 Å². The van der Waals surface area contributed by atoms with Crippen molar-refractivity contribution < 1.29 is 9.90 Å². The monoisotopic (exact) mass is 234 g/mol. The molecule has 0 radical (unpaired) electrons. The molecule has 4 heteroatoms. The predicted molar refractivity (Wildman–Crippen MR) is 65.7 cm³/mol. The van der Waals surface area contributed by atoms with Crippen molar-refractivity contribution in [1.29, 1.82) is 0 Å². The minimum atomic E-state index is -0.722. The Kier molecular flexibility index (Phi) is 3.76. The first-order valence-corrected chi connectivity index (χ1v) is 5.95. The standard InChI is InChI=1S/C13H18N2O2/c14-7-9-2-1-3-10(6-9)11-4-5-15-8-12(11)13(16)17/h1-3,6,11-12,15H,4-5,7-8,14H2,(H,16,17). The first-order chi connectivity index (χ1) is 8.22. The second-order valence-corrected chi connectivity index (χ2v) is 4.49. The number of hydrogen-bond donors (Lipinski definition) is 3. The Morgan fingerprint density at radius 3 is 3.06 bits per heavy atom. The van der Waals surface area contributed by atoms with Crippen LogP contribution in [0.25, 0.3) is 0 Å². The largest absolute Gasteiger partial charge is 0.481 e. The van der Waals surface area contributed by atoms with Gasteiger partial charge in [0.25, 0.3) is 0 Å². The highest BCUT2D eigenvalue weighted by atomic mass is 16.4. The highest BCUT2D eigenvalue weighted by Gasteiger charge is 2.31. The molecule has 1 aromatic rings. The van der Waals surface area contributed by atoms with Crippen LogP contribution in [0.1, 0.15) is 23.5 Å². The molecular weight excluding hydrogens is 216 g/mol. The minimum absolute atomic E-state index is 0.0975. The molecule has 4 N–H and O–H groups in total. The van der Waals surface area contributed by atoms with Gasteiger partial charge in [-0.1, -0.05) is 24.3 Å². The first-order valence-electron chi connectivity index (χ1n) is 5.95. The SMILES string of the molecule is NCc1cccc(C2CCNCC2C(=O)O)c1. The molecule has 1 aliphatic rings. The molecule has 0 aliphatic carbocycles. The zero-order chi connectivity index (χ0) is 12.3. The normalized spacial score (nSPS) is 24.5. The molecule has 0 bridgehead atoms. The van der Waals surface area contributed by atoms with Gasteiger partial charge >= 0.3 is 5.97 Å². The maximum absolute atomic E-state index is 11.2. The summed E-state index contributed by atoms with van der Waals surface area (Å²) in [5.41, 5.74) is 7.77. The quantitative estimate of drug-likeness (QED) is 0.727. The Morgan fingerprint density at radius 2 is 2.35 bits per heavy atom. The molecule has 0 spiro atoms. The first kappa shape index (κ1) is 12.1. The number of benzene rings is 1. The van der Waals surface area contributed by atoms with Gasteiger partial charge < -0.3 is 16.2 Å². The van der Waals surface area contributed by atoms with Crippen LogP contribution in [0.15, 0.2) is 24.3 Å². The van der Waals surface area contributed by atoms with Crippen molar-refractivity contribution in [2.24, 2.45) is 11.7 Å². The second kappa shape index (κ2) is 5.29. The second-order valence-electron chi connectivity index (χ2n) is 4.49. The molecule has 1 aromatic carbocycles. The van der Waals surface area contributed by atoms with Crippen molar-refractivity contribution in [1.82, 2.24) is 5.32 Å². The van der Waals surface area contributed by atoms with E-state index in [1.165, 1.54) is 0 Å². The van der Waals surface area contributed by atoms with Gasteiger partial charge in [0.2, 0.25) is 0 Å². The average molecular weight is 234 g/mol. The number of hydrogen-bond acceptors (Lipinski definition) is 3. The van der Waals surface area contributed by atoms with Gasteiger partial charge in [0.1, 0.15) is 0 Å². The molecule has 0 amide bonds. The van der Waals surface area contributed by atoms with Crippen molar-refractivity contribution >= 4 is 5.97 Å². The van der Waals surface area contributed by atoms with Gasteiger partial charge in [-0.25, -0.2) is 0 Å². The zero-order valence-electron chi connectivity index (χ0n) is 9.73. The van der Waals surface area contributed by atoms with E-state index in [0.29, 0.717) is 13.1 Å². The minimum Gasteiger partial charge on any atom is -0.481 e. The summed E-state index contributed by atoms with van der Waals surface area (Å²) < 4.78 is 0. The Hall–Kier alpha value is -1.39. The van der Waals surface area contributed by atoms with Gasteiger partial charge in [-0.15, -0.1) is 0 Å². The van der Waals surface area contributed by atoms with Crippen LogP contribution < -0.4 is 11.1 Å². The van der Waals surface area contributed by atoms with E-state index in [1.54, 1.807) is 0 Å². The van der Waals surface area contributed by atoms with Crippen LogP contribution in [0.5, 0.6) is 0 Å². The fourth-order valence-corrected chi connectivity index (χ4v) is 2.47. The van der Waals surface area contributed by atoms with Crippen LogP contribution in [0.4, 0.5) is 0 Å². The van der Waals surface area contributed by atoms with Crippen LogP contribution in [0.3, 0.4) is 0 Å². The van der Waals surface area contributed by atoms with Crippen molar-refractivity contribution in [2.45, 2.75) is 18.9 Å². The van der Waals surface area contributed by atoms with Crippen molar-refractivity contribution in [3.05, 3.63) is 35.4 Å². The Labute approximate surface area is 101 Å². The van der Waals surface area contributed by atoms with Crippen molar-refractivity contribution in [2.75, 3.05) is 13.1 Å². The van der Waals surface area contributed by atoms with E-state index in [9.17, 15) is 9.90 Å². The van der Waals surface area contributed by atoms with E-state index in [-0.39, 0.29) is 11.8 Å². The third-order valence-corrected chi connectivity index (χ3v) is 3.41. The number of carboxylic acid groups (broad SMARTS) is 1. The summed E-state index contributed by atoms with van der Waals surface area (Å²) in [6.07, 6.45) is 0.866. The molecule has 1 aliphatic heterocycles. The van der Waals surface area contributed by atoms with Gasteiger partial charge in [-0.2, -0.15) is 0 Å². The summed E-state index contributed by atoms with van der Waals surface area (Å²) in [5.74, 6) is -0.961. The summed E-state index contributed by atoms with van der Waals surface area (Å²) in [6.45, 7) is 1.92. The molecular formula is C13H18N2O2. The molecule has 2 unspecified atom stereocenters. The molecule has 0 aromatic heterocycles. The molecule has 92 valence electrons. The fourth-order valence-electron chi connectivity index (χ4n) is 2.47. The van der Waals surface area contributed by atoms with E-state index in [0.717, 1.165) is 24.1 Å². The van der Waals surface area contributed by atoms with E-state index >= 15 is 0 Å². The lowest BCUT2D eigenvalue weighted by Gasteiger charge is -2.29. The zero-order valence-corrected chi connectivity index (χ0v) is 9.73. The van der Waals surface area contributed by atoms with Gasteiger partial charge in [0.15, 0.2) is 0 Å². The third kappa shape index (κ3) is 2.65. The summed E-state index contributed by atoms with van der Waals surface area (Å²) in [4.78, 5) is 11.2. The number of carboxylic acids is 1. The molecule has 17 heavy (non-hydrogen) atoms. The van der Waals surface area contributed by atoms with Crippen LogP contribution in [-0.2, 0) is 11.3 Å². The molecule has 0 saturated carbocycles. The van der Waals surface area contributed by atoms with Gasteiger partial charge in [0.05, 0.1) is 5.92 Å². The predicted octanol–water partition coefficient (Wildman–Crippen LogP) is 0.923. The van der Waals surface area contributed by atoms with Crippen LogP contribution in [-0.4, -0.2) is 24.2 Å². The van der Waals surface area contributed by atoms with Crippen molar-refractivity contribution in [3.8, 4) is 0 Å². The highest BCUT2D eigenvalue weighted by Crippen LogP contribution is 2.30. The van der Waals surface area contributed by atoms with Crippen molar-refractivity contribution in [3.63, 3.8) is 0 Å². The molecule has 1 saturated heterocycles. The van der Waals surface area contributed by atoms with Crippen LogP contribution >= 0.6 is 0 Å². The maximum Gasteiger partial charge on any atom is 0.308 e. The summed E-state index contributed by atoms with van der Waals surface area (Å²) in [6, 6.07) is 7.97. The topological polar surface area (TPSA) is 75.3 Å². The number of rotatable bonds is 3. The van der Waals surface area contributed by atoms with E-state index in [1.807, 2.05) is 24.3 Å². The lowest BCUT2D eigenvalue weighted by molar-refractivity contribution is -0.142. The number of carbonyl (C=O) groups is 1.